The van der Waals surface area contributed by atoms with Crippen molar-refractivity contribution in [3.8, 4) is 6.07 Å². The van der Waals surface area contributed by atoms with Crippen molar-refractivity contribution in [3.63, 3.8) is 0 Å². The van der Waals surface area contributed by atoms with Crippen LogP contribution < -0.4 is 0 Å². The fraction of sp³-hybridized carbons (Fsp3) is 0.444. The Morgan fingerprint density at radius 2 is 1.69 bits per heavy atom. The van der Waals surface area contributed by atoms with Gasteiger partial charge in [0.15, 0.2) is 5.41 Å². The van der Waals surface area contributed by atoms with E-state index in [1.54, 1.807) is 6.07 Å². The van der Waals surface area contributed by atoms with Gasteiger partial charge in [-0.1, -0.05) is 6.08 Å². The van der Waals surface area contributed by atoms with Crippen molar-refractivity contribution in [2.45, 2.75) is 37.0 Å². The monoisotopic (exact) mass is 441 g/mol. The largest absolute Gasteiger partial charge is 0.465 e. The molecule has 0 saturated heterocycles. The Labute approximate surface area is 165 Å². The highest BCUT2D eigenvalue weighted by Gasteiger charge is 2.40. The summed E-state index contributed by atoms with van der Waals surface area (Å²) in [6.07, 6.45) is -9.50. The Kier molecular flexibility index (Phi) is 8.03. The summed E-state index contributed by atoms with van der Waals surface area (Å²) in [4.78, 5) is 11.4. The van der Waals surface area contributed by atoms with Crippen LogP contribution in [0.2, 0.25) is 0 Å². The van der Waals surface area contributed by atoms with Gasteiger partial charge in [-0.2, -0.15) is 31.6 Å². The average Bonchev–Trinajstić information content (AvgIpc) is 2.63. The van der Waals surface area contributed by atoms with Crippen molar-refractivity contribution in [3.05, 3.63) is 42.0 Å². The molecule has 0 fully saturated rings. The highest BCUT2D eigenvalue weighted by Crippen LogP contribution is 2.37. The maximum Gasteiger partial charge on any atom is 0.416 e. The summed E-state index contributed by atoms with van der Waals surface area (Å²) in [7, 11) is -2.34. The predicted octanol–water partition coefficient (Wildman–Crippen LogP) is 4.87. The first-order valence-electron chi connectivity index (χ1n) is 8.18. The maximum atomic E-state index is 12.9. The molecule has 0 heterocycles. The van der Waals surface area contributed by atoms with E-state index in [2.05, 4.69) is 6.58 Å². The SMILES string of the molecule is C=CCC(C#N)(CCS(=O)c1cc(C(F)(F)F)cc(C(F)(F)F)c1)C(=O)OCC. The van der Waals surface area contributed by atoms with Gasteiger partial charge >= 0.3 is 18.3 Å². The molecule has 160 valence electrons. The molecule has 0 aliphatic heterocycles. The molecular weight excluding hydrogens is 424 g/mol. The molecule has 0 bridgehead atoms. The first-order valence-corrected chi connectivity index (χ1v) is 9.50. The summed E-state index contributed by atoms with van der Waals surface area (Å²) < 4.78 is 94.9. The van der Waals surface area contributed by atoms with Crippen molar-refractivity contribution in [1.82, 2.24) is 0 Å². The molecule has 0 N–H and O–H groups in total. The van der Waals surface area contributed by atoms with Gasteiger partial charge in [0.2, 0.25) is 0 Å². The molecule has 0 amide bonds. The summed E-state index contributed by atoms with van der Waals surface area (Å²) >= 11 is 0. The smallest absolute Gasteiger partial charge is 0.416 e. The van der Waals surface area contributed by atoms with Gasteiger partial charge in [-0.15, -0.1) is 6.58 Å². The van der Waals surface area contributed by atoms with E-state index in [0.29, 0.717) is 12.1 Å². The third kappa shape index (κ3) is 6.32. The minimum Gasteiger partial charge on any atom is -0.465 e. The predicted molar refractivity (Wildman–Crippen MR) is 91.8 cm³/mol. The summed E-state index contributed by atoms with van der Waals surface area (Å²) in [5.41, 5.74) is -4.99. The zero-order valence-corrected chi connectivity index (χ0v) is 16.0. The molecule has 1 rings (SSSR count). The Morgan fingerprint density at radius 1 is 1.17 bits per heavy atom. The Bertz CT molecular complexity index is 796. The highest BCUT2D eigenvalue weighted by molar-refractivity contribution is 7.85. The van der Waals surface area contributed by atoms with E-state index in [1.165, 1.54) is 13.0 Å². The number of ether oxygens (including phenoxy) is 1. The molecule has 1 aromatic rings. The minimum absolute atomic E-state index is 0.0505. The van der Waals surface area contributed by atoms with Crippen LogP contribution in [0.15, 0.2) is 35.7 Å². The standard InChI is InChI=1S/C18H17F6NO3S/c1-3-5-16(11-25,15(26)28-4-2)6-7-29(27)14-9-12(17(19,20)21)8-13(10-14)18(22,23)24/h3,8-10H,1,4-7H2,2H3. The lowest BCUT2D eigenvalue weighted by atomic mass is 9.83. The number of rotatable bonds is 8. The Hall–Kier alpha value is -2.35. The van der Waals surface area contributed by atoms with Gasteiger partial charge in [0.1, 0.15) is 0 Å². The first-order chi connectivity index (χ1) is 13.3. The number of carbonyl (C=O) groups is 1. The summed E-state index contributed by atoms with van der Waals surface area (Å²) in [5, 5.41) is 9.39. The molecule has 11 heteroatoms. The quantitative estimate of drug-likeness (QED) is 0.328. The molecule has 1 aromatic carbocycles. The van der Waals surface area contributed by atoms with Gasteiger partial charge in [0.25, 0.3) is 0 Å². The van der Waals surface area contributed by atoms with Crippen molar-refractivity contribution in [2.75, 3.05) is 12.4 Å². The van der Waals surface area contributed by atoms with Crippen LogP contribution in [0.5, 0.6) is 0 Å². The molecule has 2 atom stereocenters. The number of benzene rings is 1. The third-order valence-electron chi connectivity index (χ3n) is 3.91. The first kappa shape index (κ1) is 24.7. The molecule has 0 saturated carbocycles. The van der Waals surface area contributed by atoms with Crippen LogP contribution in [0.4, 0.5) is 26.3 Å². The van der Waals surface area contributed by atoms with Gasteiger partial charge in [0.05, 0.1) is 34.6 Å². The van der Waals surface area contributed by atoms with Gasteiger partial charge < -0.3 is 4.74 Å². The van der Waals surface area contributed by atoms with Crippen molar-refractivity contribution in [1.29, 1.82) is 5.26 Å². The molecular formula is C18H17F6NO3S. The van der Waals surface area contributed by atoms with Crippen LogP contribution in [0.3, 0.4) is 0 Å². The summed E-state index contributed by atoms with van der Waals surface area (Å²) in [5.74, 6) is -1.46. The van der Waals surface area contributed by atoms with E-state index in [-0.39, 0.29) is 19.1 Å². The molecule has 0 aliphatic carbocycles. The van der Waals surface area contributed by atoms with E-state index >= 15 is 0 Å². The van der Waals surface area contributed by atoms with Crippen LogP contribution >= 0.6 is 0 Å². The minimum atomic E-state index is -5.08. The molecule has 0 spiro atoms. The van der Waals surface area contributed by atoms with Crippen LogP contribution in [-0.4, -0.2) is 22.5 Å². The second-order valence-corrected chi connectivity index (χ2v) is 7.52. The van der Waals surface area contributed by atoms with E-state index in [0.717, 1.165) is 0 Å². The van der Waals surface area contributed by atoms with E-state index in [1.807, 2.05) is 0 Å². The number of allylic oxidation sites excluding steroid dienone is 1. The van der Waals surface area contributed by atoms with Crippen LogP contribution in [0, 0.1) is 16.7 Å². The topological polar surface area (TPSA) is 67.2 Å². The number of nitriles is 1. The number of alkyl halides is 6. The number of hydrogen-bond donors (Lipinski definition) is 0. The van der Waals surface area contributed by atoms with Crippen molar-refractivity contribution >= 4 is 16.8 Å². The van der Waals surface area contributed by atoms with E-state index in [9.17, 15) is 40.6 Å². The fourth-order valence-corrected chi connectivity index (χ4v) is 3.68. The zero-order valence-electron chi connectivity index (χ0n) is 15.2. The number of hydrogen-bond acceptors (Lipinski definition) is 4. The Balaban J connectivity index is 3.25. The summed E-state index contributed by atoms with van der Waals surface area (Å²) in [6, 6.07) is 2.38. The molecule has 0 aliphatic rings. The second-order valence-electron chi connectivity index (χ2n) is 5.95. The molecule has 2 unspecified atom stereocenters. The maximum absolute atomic E-state index is 12.9. The van der Waals surface area contributed by atoms with Crippen LogP contribution in [0.1, 0.15) is 30.9 Å². The number of carbonyl (C=O) groups excluding carboxylic acids is 1. The third-order valence-corrected chi connectivity index (χ3v) is 5.25. The van der Waals surface area contributed by atoms with E-state index < -0.39 is 62.7 Å². The molecule has 0 radical (unpaired) electrons. The normalized spacial score (nSPS) is 15.1. The molecule has 4 nitrogen and oxygen atoms in total. The lowest BCUT2D eigenvalue weighted by Gasteiger charge is -2.22. The second kappa shape index (κ2) is 9.43. The van der Waals surface area contributed by atoms with Crippen molar-refractivity contribution < 1.29 is 40.1 Å². The lowest BCUT2D eigenvalue weighted by Crippen LogP contribution is -2.33. The van der Waals surface area contributed by atoms with Gasteiger partial charge in [-0.3, -0.25) is 9.00 Å². The van der Waals surface area contributed by atoms with Crippen molar-refractivity contribution in [2.24, 2.45) is 5.41 Å². The molecule has 0 aromatic heterocycles. The highest BCUT2D eigenvalue weighted by atomic mass is 32.2. The zero-order chi connectivity index (χ0) is 22.5. The van der Waals surface area contributed by atoms with E-state index in [4.69, 9.17) is 4.74 Å². The number of esters is 1. The van der Waals surface area contributed by atoms with Crippen LogP contribution in [0.25, 0.3) is 0 Å². The summed E-state index contributed by atoms with van der Waals surface area (Å²) in [6.45, 7) is 4.86. The number of halogens is 6. The van der Waals surface area contributed by atoms with Gasteiger partial charge in [-0.05, 0) is 38.0 Å². The lowest BCUT2D eigenvalue weighted by molar-refractivity contribution is -0.152. The number of nitrogens with zero attached hydrogens (tertiary/aromatic N) is 1. The van der Waals surface area contributed by atoms with Gasteiger partial charge in [0, 0.05) is 10.6 Å². The Morgan fingerprint density at radius 3 is 2.07 bits per heavy atom. The average molecular weight is 441 g/mol. The van der Waals surface area contributed by atoms with Crippen LogP contribution in [-0.2, 0) is 32.7 Å². The fourth-order valence-electron chi connectivity index (χ4n) is 2.39. The molecule has 29 heavy (non-hydrogen) atoms. The van der Waals surface area contributed by atoms with Gasteiger partial charge in [-0.25, -0.2) is 0 Å².